The first-order chi connectivity index (χ1) is 10.3. The number of methoxy groups -OCH3 is 1. The lowest BCUT2D eigenvalue weighted by atomic mass is 10.1. The molecule has 1 aliphatic heterocycles. The normalized spacial score (nSPS) is 19.5. The van der Waals surface area contributed by atoms with Crippen LogP contribution in [0.15, 0.2) is 16.6 Å². The Kier molecular flexibility index (Phi) is 5.03. The Morgan fingerprint density at radius 3 is 2.71 bits per heavy atom. The van der Waals surface area contributed by atoms with Gasteiger partial charge in [-0.1, -0.05) is 15.9 Å². The molecular formula is C16H23BrN2O2. The van der Waals surface area contributed by atoms with Crippen LogP contribution in [0.3, 0.4) is 0 Å². The molecule has 21 heavy (non-hydrogen) atoms. The van der Waals surface area contributed by atoms with Crippen LogP contribution in [0.1, 0.15) is 18.4 Å². The van der Waals surface area contributed by atoms with Gasteiger partial charge in [0, 0.05) is 42.8 Å². The Morgan fingerprint density at radius 2 is 2.05 bits per heavy atom. The maximum Gasteiger partial charge on any atom is 0.164 e. The predicted octanol–water partition coefficient (Wildman–Crippen LogP) is 2.45. The summed E-state index contributed by atoms with van der Waals surface area (Å²) in [5, 5.41) is 3.39. The maximum atomic E-state index is 6.10. The van der Waals surface area contributed by atoms with E-state index in [1.807, 2.05) is 6.07 Å². The van der Waals surface area contributed by atoms with E-state index in [0.717, 1.165) is 68.0 Å². The summed E-state index contributed by atoms with van der Waals surface area (Å²) in [5.41, 5.74) is 1.24. The minimum atomic E-state index is 0.387. The minimum Gasteiger partial charge on any atom is -0.493 e. The summed E-state index contributed by atoms with van der Waals surface area (Å²) in [6.07, 6.45) is 3.71. The van der Waals surface area contributed by atoms with Crippen LogP contribution >= 0.6 is 15.9 Å². The van der Waals surface area contributed by atoms with E-state index in [0.29, 0.717) is 6.10 Å². The quantitative estimate of drug-likeness (QED) is 0.850. The Labute approximate surface area is 134 Å². The number of halogens is 1. The second-order valence-corrected chi connectivity index (χ2v) is 6.67. The average Bonchev–Trinajstić information content (AvgIpc) is 3.32. The molecule has 1 N–H and O–H groups in total. The van der Waals surface area contributed by atoms with Gasteiger partial charge in [-0.05, 0) is 31.4 Å². The monoisotopic (exact) mass is 354 g/mol. The van der Waals surface area contributed by atoms with Crippen molar-refractivity contribution in [3.05, 3.63) is 22.2 Å². The molecule has 1 saturated carbocycles. The van der Waals surface area contributed by atoms with E-state index in [9.17, 15) is 0 Å². The van der Waals surface area contributed by atoms with Gasteiger partial charge in [0.25, 0.3) is 0 Å². The molecule has 0 unspecified atom stereocenters. The smallest absolute Gasteiger partial charge is 0.164 e. The van der Waals surface area contributed by atoms with Gasteiger partial charge in [-0.2, -0.15) is 0 Å². The molecule has 1 aliphatic carbocycles. The molecular weight excluding hydrogens is 332 g/mol. The highest BCUT2D eigenvalue weighted by Gasteiger charge is 2.26. The molecule has 5 heteroatoms. The van der Waals surface area contributed by atoms with Crippen molar-refractivity contribution in [2.75, 3.05) is 39.8 Å². The van der Waals surface area contributed by atoms with Gasteiger partial charge < -0.3 is 19.7 Å². The van der Waals surface area contributed by atoms with Crippen LogP contribution in [-0.2, 0) is 6.42 Å². The second-order valence-electron chi connectivity index (χ2n) is 5.76. The molecule has 1 aromatic carbocycles. The number of benzene rings is 1. The van der Waals surface area contributed by atoms with E-state index >= 15 is 0 Å². The van der Waals surface area contributed by atoms with E-state index in [-0.39, 0.29) is 0 Å². The summed E-state index contributed by atoms with van der Waals surface area (Å²) < 4.78 is 12.7. The molecule has 0 amide bonds. The summed E-state index contributed by atoms with van der Waals surface area (Å²) in [7, 11) is 1.71. The second kappa shape index (κ2) is 6.99. The first-order valence-electron chi connectivity index (χ1n) is 7.72. The summed E-state index contributed by atoms with van der Waals surface area (Å²) in [6.45, 7) is 5.51. The number of hydrogen-bond acceptors (Lipinski definition) is 4. The standard InChI is InChI=1S/C16H23BrN2O2/c1-20-15-11-13(17)10-12(16(15)21-14-2-3-14)4-7-19-8-5-18-6-9-19/h10-11,14,18H,2-9H2,1H3. The average molecular weight is 355 g/mol. The molecule has 1 aromatic rings. The molecule has 2 aliphatic rings. The molecule has 0 atom stereocenters. The van der Waals surface area contributed by atoms with Gasteiger partial charge in [-0.25, -0.2) is 0 Å². The molecule has 0 aromatic heterocycles. The lowest BCUT2D eigenvalue weighted by Crippen LogP contribution is -2.44. The number of hydrogen-bond donors (Lipinski definition) is 1. The first-order valence-corrected chi connectivity index (χ1v) is 8.51. The first kappa shape index (κ1) is 15.1. The van der Waals surface area contributed by atoms with Gasteiger partial charge in [-0.15, -0.1) is 0 Å². The SMILES string of the molecule is COc1cc(Br)cc(CCN2CCNCC2)c1OC1CC1. The predicted molar refractivity (Wildman–Crippen MR) is 87.4 cm³/mol. The van der Waals surface area contributed by atoms with Crippen molar-refractivity contribution in [2.45, 2.75) is 25.4 Å². The third-order valence-corrected chi connectivity index (χ3v) is 4.49. The van der Waals surface area contributed by atoms with Gasteiger partial charge in [0.15, 0.2) is 11.5 Å². The lowest BCUT2D eigenvalue weighted by Gasteiger charge is -2.27. The van der Waals surface area contributed by atoms with E-state index < -0.39 is 0 Å². The molecule has 3 rings (SSSR count). The van der Waals surface area contributed by atoms with E-state index in [4.69, 9.17) is 9.47 Å². The van der Waals surface area contributed by atoms with Crippen molar-refractivity contribution >= 4 is 15.9 Å². The summed E-state index contributed by atoms with van der Waals surface area (Å²) >= 11 is 3.58. The number of piperazine rings is 1. The van der Waals surface area contributed by atoms with E-state index in [1.165, 1.54) is 5.56 Å². The van der Waals surface area contributed by atoms with Gasteiger partial charge in [0.05, 0.1) is 13.2 Å². The maximum absolute atomic E-state index is 6.10. The van der Waals surface area contributed by atoms with Crippen molar-refractivity contribution in [1.29, 1.82) is 0 Å². The fourth-order valence-corrected chi connectivity index (χ4v) is 3.14. The summed E-state index contributed by atoms with van der Waals surface area (Å²) in [4.78, 5) is 2.50. The lowest BCUT2D eigenvalue weighted by molar-refractivity contribution is 0.240. The van der Waals surface area contributed by atoms with Crippen LogP contribution in [0.25, 0.3) is 0 Å². The van der Waals surface area contributed by atoms with E-state index in [1.54, 1.807) is 7.11 Å². The van der Waals surface area contributed by atoms with Crippen LogP contribution in [0.2, 0.25) is 0 Å². The van der Waals surface area contributed by atoms with Crippen LogP contribution in [-0.4, -0.2) is 50.8 Å². The van der Waals surface area contributed by atoms with Gasteiger partial charge in [-0.3, -0.25) is 0 Å². The van der Waals surface area contributed by atoms with Gasteiger partial charge in [0.2, 0.25) is 0 Å². The van der Waals surface area contributed by atoms with Gasteiger partial charge >= 0.3 is 0 Å². The summed E-state index contributed by atoms with van der Waals surface area (Å²) in [6, 6.07) is 4.16. The Hall–Kier alpha value is -0.780. The molecule has 0 spiro atoms. The highest BCUT2D eigenvalue weighted by Crippen LogP contribution is 2.39. The number of nitrogens with one attached hydrogen (secondary N) is 1. The Balaban J connectivity index is 1.72. The molecule has 2 fully saturated rings. The van der Waals surface area contributed by atoms with Crippen molar-refractivity contribution in [1.82, 2.24) is 10.2 Å². The topological polar surface area (TPSA) is 33.7 Å². The van der Waals surface area contributed by atoms with Crippen molar-refractivity contribution in [3.8, 4) is 11.5 Å². The van der Waals surface area contributed by atoms with Gasteiger partial charge in [0.1, 0.15) is 0 Å². The molecule has 0 radical (unpaired) electrons. The molecule has 0 bridgehead atoms. The number of nitrogens with zero attached hydrogens (tertiary/aromatic N) is 1. The molecule has 4 nitrogen and oxygen atoms in total. The highest BCUT2D eigenvalue weighted by atomic mass is 79.9. The van der Waals surface area contributed by atoms with Crippen LogP contribution in [0.4, 0.5) is 0 Å². The highest BCUT2D eigenvalue weighted by molar-refractivity contribution is 9.10. The van der Waals surface area contributed by atoms with Crippen LogP contribution in [0, 0.1) is 0 Å². The Bertz CT molecular complexity index is 485. The third kappa shape index (κ3) is 4.11. The van der Waals surface area contributed by atoms with E-state index in [2.05, 4.69) is 32.2 Å². The van der Waals surface area contributed by atoms with Crippen molar-refractivity contribution in [3.63, 3.8) is 0 Å². The fraction of sp³-hybridized carbons (Fsp3) is 0.625. The zero-order valence-electron chi connectivity index (χ0n) is 12.5. The van der Waals surface area contributed by atoms with Crippen LogP contribution in [0.5, 0.6) is 11.5 Å². The summed E-state index contributed by atoms with van der Waals surface area (Å²) in [5.74, 6) is 1.78. The fourth-order valence-electron chi connectivity index (χ4n) is 2.66. The molecule has 1 saturated heterocycles. The zero-order chi connectivity index (χ0) is 14.7. The number of ether oxygens (including phenoxy) is 2. The Morgan fingerprint density at radius 1 is 1.29 bits per heavy atom. The number of rotatable bonds is 6. The van der Waals surface area contributed by atoms with Crippen LogP contribution < -0.4 is 14.8 Å². The van der Waals surface area contributed by atoms with Crippen molar-refractivity contribution < 1.29 is 9.47 Å². The van der Waals surface area contributed by atoms with Crippen molar-refractivity contribution in [2.24, 2.45) is 0 Å². The molecule has 116 valence electrons. The zero-order valence-corrected chi connectivity index (χ0v) is 14.1. The largest absolute Gasteiger partial charge is 0.493 e. The molecule has 1 heterocycles. The minimum absolute atomic E-state index is 0.387. The third-order valence-electron chi connectivity index (χ3n) is 4.03.